The highest BCUT2D eigenvalue weighted by Gasteiger charge is 2.33. The van der Waals surface area contributed by atoms with Gasteiger partial charge in [0.1, 0.15) is 10.7 Å². The van der Waals surface area contributed by atoms with Gasteiger partial charge in [0.2, 0.25) is 5.82 Å². The summed E-state index contributed by atoms with van der Waals surface area (Å²) in [6.45, 7) is 0.396. The van der Waals surface area contributed by atoms with Crippen molar-refractivity contribution in [2.24, 2.45) is 4.40 Å². The first kappa shape index (κ1) is 21.1. The van der Waals surface area contributed by atoms with Crippen LogP contribution in [0.3, 0.4) is 0 Å². The fraction of sp³-hybridized carbons (Fsp3) is 0.300. The van der Waals surface area contributed by atoms with Crippen molar-refractivity contribution < 1.29 is 22.5 Å². The van der Waals surface area contributed by atoms with E-state index in [1.54, 1.807) is 0 Å². The van der Waals surface area contributed by atoms with Crippen molar-refractivity contribution in [2.45, 2.75) is 37.2 Å². The summed E-state index contributed by atoms with van der Waals surface area (Å²) in [5, 5.41) is 7.63. The highest BCUT2D eigenvalue weighted by molar-refractivity contribution is 7.90. The Hall–Kier alpha value is -2.76. The van der Waals surface area contributed by atoms with Crippen LogP contribution in [0.5, 0.6) is 0 Å². The Balaban J connectivity index is 1.39. The number of hydrogen-bond acceptors (Lipinski definition) is 9. The predicted molar refractivity (Wildman–Crippen MR) is 119 cm³/mol. The molecule has 2 aliphatic heterocycles. The Morgan fingerprint density at radius 1 is 1.28 bits per heavy atom. The maximum Gasteiger partial charge on any atom is 0.340 e. The van der Waals surface area contributed by atoms with Crippen LogP contribution >= 0.6 is 22.9 Å². The van der Waals surface area contributed by atoms with Crippen LogP contribution in [0.4, 0.5) is 5.69 Å². The molecule has 1 aromatic carbocycles. The minimum atomic E-state index is -3.95. The van der Waals surface area contributed by atoms with Crippen LogP contribution in [0.15, 0.2) is 42.8 Å². The average molecular weight is 493 g/mol. The number of amidine groups is 1. The largest absolute Gasteiger partial charge is 0.454 e. The SMILES string of the molecule is O=C(OCc1noc(-c2ccsc2)n1)c1cc2c(cc1Cl)N1CCCCCC1=NS2(=O)=O. The number of nitrogens with zero attached hydrogens (tertiary/aromatic N) is 4. The number of ether oxygens (including phenoxy) is 1. The summed E-state index contributed by atoms with van der Waals surface area (Å²) >= 11 is 7.85. The first-order valence-electron chi connectivity index (χ1n) is 9.89. The number of halogens is 1. The quantitative estimate of drug-likeness (QED) is 0.495. The van der Waals surface area contributed by atoms with Crippen LogP contribution in [0.25, 0.3) is 11.5 Å². The topological polar surface area (TPSA) is 115 Å². The molecule has 0 N–H and O–H groups in total. The zero-order chi connectivity index (χ0) is 22.3. The van der Waals surface area contributed by atoms with Gasteiger partial charge < -0.3 is 14.2 Å². The predicted octanol–water partition coefficient (Wildman–Crippen LogP) is 4.29. The van der Waals surface area contributed by atoms with Crippen LogP contribution in [0.1, 0.15) is 41.9 Å². The molecule has 3 aromatic rings. The van der Waals surface area contributed by atoms with Crippen molar-refractivity contribution in [3.63, 3.8) is 0 Å². The number of carbonyl (C=O) groups excluding carboxylic acids is 1. The molecule has 166 valence electrons. The van der Waals surface area contributed by atoms with Gasteiger partial charge in [0.25, 0.3) is 15.9 Å². The molecule has 5 rings (SSSR count). The second kappa shape index (κ2) is 8.30. The lowest BCUT2D eigenvalue weighted by Crippen LogP contribution is -2.35. The van der Waals surface area contributed by atoms with Gasteiger partial charge in [-0.2, -0.15) is 24.7 Å². The van der Waals surface area contributed by atoms with Gasteiger partial charge in [0, 0.05) is 18.3 Å². The Labute approximate surface area is 192 Å². The summed E-state index contributed by atoms with van der Waals surface area (Å²) in [5.74, 6) is 0.224. The number of fused-ring (bicyclic) bond motifs is 3. The van der Waals surface area contributed by atoms with E-state index in [0.29, 0.717) is 30.4 Å². The van der Waals surface area contributed by atoms with E-state index >= 15 is 0 Å². The molecule has 0 aliphatic carbocycles. The molecule has 2 aromatic heterocycles. The maximum absolute atomic E-state index is 12.8. The molecular formula is C20H17ClN4O5S2. The van der Waals surface area contributed by atoms with Crippen molar-refractivity contribution in [3.8, 4) is 11.5 Å². The van der Waals surface area contributed by atoms with Crippen molar-refractivity contribution >= 4 is 50.5 Å². The molecule has 0 unspecified atom stereocenters. The van der Waals surface area contributed by atoms with Gasteiger partial charge in [-0.05, 0) is 36.4 Å². The Morgan fingerprint density at radius 3 is 2.97 bits per heavy atom. The summed E-state index contributed by atoms with van der Waals surface area (Å²) in [4.78, 5) is 18.7. The summed E-state index contributed by atoms with van der Waals surface area (Å²) in [7, 11) is -3.95. The van der Waals surface area contributed by atoms with Crippen molar-refractivity contribution in [2.75, 3.05) is 11.4 Å². The van der Waals surface area contributed by atoms with E-state index in [9.17, 15) is 13.2 Å². The third kappa shape index (κ3) is 3.91. The molecule has 0 spiro atoms. The molecule has 0 radical (unpaired) electrons. The zero-order valence-corrected chi connectivity index (χ0v) is 19.0. The standard InChI is InChI=1S/C20H17ClN4O5S2/c21-14-9-15-16(32(27,28)24-18-4-2-1-3-6-25(15)18)8-13(14)20(26)29-10-17-22-19(30-23-17)12-5-7-31-11-12/h5,7-9,11H,1-4,6,10H2. The van der Waals surface area contributed by atoms with Gasteiger partial charge in [-0.25, -0.2) is 4.79 Å². The minimum absolute atomic E-state index is 0.0567. The molecule has 0 atom stereocenters. The van der Waals surface area contributed by atoms with Gasteiger partial charge in [-0.1, -0.05) is 23.2 Å². The van der Waals surface area contributed by atoms with E-state index in [-0.39, 0.29) is 27.9 Å². The number of benzene rings is 1. The van der Waals surface area contributed by atoms with Gasteiger partial charge in [0.15, 0.2) is 6.61 Å². The molecule has 0 bridgehead atoms. The number of aromatic nitrogens is 2. The summed E-state index contributed by atoms with van der Waals surface area (Å²) in [6, 6.07) is 4.56. The summed E-state index contributed by atoms with van der Waals surface area (Å²) in [5.41, 5.74) is 1.15. The fourth-order valence-corrected chi connectivity index (χ4v) is 5.81. The van der Waals surface area contributed by atoms with Gasteiger partial charge in [0.05, 0.1) is 21.8 Å². The lowest BCUT2D eigenvalue weighted by molar-refractivity contribution is 0.0459. The monoisotopic (exact) mass is 492 g/mol. The lowest BCUT2D eigenvalue weighted by Gasteiger charge is -2.30. The first-order chi connectivity index (χ1) is 15.4. The number of esters is 1. The van der Waals surface area contributed by atoms with Gasteiger partial charge >= 0.3 is 5.97 Å². The fourth-order valence-electron chi connectivity index (χ4n) is 3.68. The Kier molecular flexibility index (Phi) is 5.48. The van der Waals surface area contributed by atoms with Gasteiger partial charge in [-0.3, -0.25) is 0 Å². The van der Waals surface area contributed by atoms with E-state index in [2.05, 4.69) is 14.5 Å². The van der Waals surface area contributed by atoms with Crippen LogP contribution in [-0.2, 0) is 21.4 Å². The average Bonchev–Trinajstić information content (AvgIpc) is 3.40. The number of rotatable bonds is 4. The highest BCUT2D eigenvalue weighted by Crippen LogP contribution is 2.38. The number of hydrogen-bond donors (Lipinski definition) is 0. The molecule has 1 fully saturated rings. The Morgan fingerprint density at radius 2 is 2.16 bits per heavy atom. The van der Waals surface area contributed by atoms with Crippen molar-refractivity contribution in [3.05, 3.63) is 45.4 Å². The second-order valence-corrected chi connectivity index (χ2v) is 10.1. The van der Waals surface area contributed by atoms with Crippen LogP contribution in [0.2, 0.25) is 5.02 Å². The summed E-state index contributed by atoms with van der Waals surface area (Å²) < 4.78 is 40.0. The third-order valence-corrected chi connectivity index (χ3v) is 7.55. The summed E-state index contributed by atoms with van der Waals surface area (Å²) in [6.07, 6.45) is 3.37. The minimum Gasteiger partial charge on any atom is -0.454 e. The molecule has 12 heteroatoms. The third-order valence-electron chi connectivity index (χ3n) is 5.23. The lowest BCUT2D eigenvalue weighted by atomic mass is 10.1. The van der Waals surface area contributed by atoms with E-state index in [4.69, 9.17) is 20.9 Å². The molecule has 9 nitrogen and oxygen atoms in total. The molecule has 4 heterocycles. The molecule has 32 heavy (non-hydrogen) atoms. The normalized spacial score (nSPS) is 17.2. The van der Waals surface area contributed by atoms with E-state index < -0.39 is 16.0 Å². The van der Waals surface area contributed by atoms with E-state index in [1.807, 2.05) is 21.7 Å². The van der Waals surface area contributed by atoms with Crippen LogP contribution < -0.4 is 4.90 Å². The van der Waals surface area contributed by atoms with Crippen molar-refractivity contribution in [1.29, 1.82) is 0 Å². The highest BCUT2D eigenvalue weighted by atomic mass is 35.5. The molecule has 1 saturated heterocycles. The second-order valence-electron chi connectivity index (χ2n) is 7.35. The number of carbonyl (C=O) groups is 1. The molecule has 0 saturated carbocycles. The van der Waals surface area contributed by atoms with Crippen LogP contribution in [0, 0.1) is 0 Å². The smallest absolute Gasteiger partial charge is 0.340 e. The number of sulfonamides is 1. The zero-order valence-electron chi connectivity index (χ0n) is 16.7. The van der Waals surface area contributed by atoms with Gasteiger partial charge in [-0.15, -0.1) is 4.40 Å². The number of anilines is 1. The molecule has 0 amide bonds. The maximum atomic E-state index is 12.8. The van der Waals surface area contributed by atoms with Crippen molar-refractivity contribution in [1.82, 2.24) is 10.1 Å². The van der Waals surface area contributed by atoms with E-state index in [1.165, 1.54) is 23.5 Å². The molecule has 2 aliphatic rings. The van der Waals surface area contributed by atoms with Crippen LogP contribution in [-0.4, -0.2) is 36.9 Å². The first-order valence-corrected chi connectivity index (χ1v) is 12.7. The number of thiophene rings is 1. The molecular weight excluding hydrogens is 476 g/mol. The Bertz CT molecular complexity index is 1320. The van der Waals surface area contributed by atoms with E-state index in [0.717, 1.165) is 24.8 Å².